The van der Waals surface area contributed by atoms with Crippen molar-refractivity contribution in [3.05, 3.63) is 53.1 Å². The third-order valence-corrected chi connectivity index (χ3v) is 3.90. The second-order valence-corrected chi connectivity index (χ2v) is 5.53. The number of nitriles is 1. The maximum atomic E-state index is 14.3. The molecule has 0 aliphatic heterocycles. The number of nitrogens with one attached hydrogen (secondary N) is 1. The van der Waals surface area contributed by atoms with E-state index in [4.69, 9.17) is 16.3 Å². The average Bonchev–Trinajstić information content (AvgIpc) is 2.95. The Morgan fingerprint density at radius 2 is 2.21 bits per heavy atom. The Bertz CT molecular complexity index is 932. The van der Waals surface area contributed by atoms with Gasteiger partial charge >= 0.3 is 0 Å². The number of halogens is 2. The molecule has 0 fully saturated rings. The van der Waals surface area contributed by atoms with Gasteiger partial charge < -0.3 is 14.6 Å². The van der Waals surface area contributed by atoms with Crippen LogP contribution in [0.5, 0.6) is 5.75 Å². The molecule has 7 heteroatoms. The predicted molar refractivity (Wildman–Crippen MR) is 90.9 cm³/mol. The molecular weight excluding hydrogens is 331 g/mol. The Balaban J connectivity index is 1.90. The fourth-order valence-corrected chi connectivity index (χ4v) is 2.77. The molecule has 0 amide bonds. The number of nitrogens with zero attached hydrogens (tertiary/aromatic N) is 3. The summed E-state index contributed by atoms with van der Waals surface area (Å²) in [5.74, 6) is 0.759. The Kier molecular flexibility index (Phi) is 4.54. The monoisotopic (exact) mass is 344 g/mol. The normalized spacial score (nSPS) is 10.6. The van der Waals surface area contributed by atoms with Crippen LogP contribution in [-0.2, 0) is 6.54 Å². The minimum atomic E-state index is -0.395. The number of aromatic nitrogens is 2. The number of ether oxygens (including phenoxy) is 1. The minimum absolute atomic E-state index is 0.353. The largest absolute Gasteiger partial charge is 0.496 e. The summed E-state index contributed by atoms with van der Waals surface area (Å²) in [6.45, 7) is 0.854. The van der Waals surface area contributed by atoms with Crippen molar-refractivity contribution in [3.8, 4) is 11.8 Å². The van der Waals surface area contributed by atoms with Crippen molar-refractivity contribution in [3.63, 3.8) is 0 Å². The highest BCUT2D eigenvalue weighted by Crippen LogP contribution is 2.30. The Labute approximate surface area is 143 Å². The predicted octanol–water partition coefficient (Wildman–Crippen LogP) is 3.82. The standard InChI is InChI=1S/C17H14ClFN4O/c1-24-15-3-2-14(19)17-13(15)9-12(10-20)23(17)7-6-22-16-8-11(18)4-5-21-16/h2-5,8-9H,6-7H2,1H3,(H,21,22). The van der Waals surface area contributed by atoms with Gasteiger partial charge in [0, 0.05) is 29.7 Å². The quantitative estimate of drug-likeness (QED) is 0.764. The molecule has 2 heterocycles. The summed E-state index contributed by atoms with van der Waals surface area (Å²) < 4.78 is 21.2. The SMILES string of the molecule is COc1ccc(F)c2c1cc(C#N)n2CCNc1cc(Cl)ccn1. The molecule has 122 valence electrons. The molecule has 3 aromatic rings. The maximum absolute atomic E-state index is 14.3. The highest BCUT2D eigenvalue weighted by Gasteiger charge is 2.16. The van der Waals surface area contributed by atoms with E-state index in [1.54, 1.807) is 35.0 Å². The highest BCUT2D eigenvalue weighted by atomic mass is 35.5. The molecule has 1 aromatic carbocycles. The number of benzene rings is 1. The first-order chi connectivity index (χ1) is 11.6. The van der Waals surface area contributed by atoms with Gasteiger partial charge in [0.15, 0.2) is 0 Å². The van der Waals surface area contributed by atoms with Crippen LogP contribution in [0.2, 0.25) is 5.02 Å². The third-order valence-electron chi connectivity index (χ3n) is 3.67. The molecule has 24 heavy (non-hydrogen) atoms. The lowest BCUT2D eigenvalue weighted by Gasteiger charge is -2.10. The Morgan fingerprint density at radius 1 is 1.38 bits per heavy atom. The van der Waals surface area contributed by atoms with Crippen LogP contribution in [0.15, 0.2) is 36.5 Å². The minimum Gasteiger partial charge on any atom is -0.496 e. The average molecular weight is 345 g/mol. The van der Waals surface area contributed by atoms with Crippen molar-refractivity contribution in [2.45, 2.75) is 6.54 Å². The van der Waals surface area contributed by atoms with E-state index in [1.165, 1.54) is 13.2 Å². The van der Waals surface area contributed by atoms with Gasteiger partial charge in [-0.3, -0.25) is 0 Å². The summed E-state index contributed by atoms with van der Waals surface area (Å²) in [6, 6.07) is 10.0. The molecule has 1 N–H and O–H groups in total. The van der Waals surface area contributed by atoms with Gasteiger partial charge in [-0.15, -0.1) is 0 Å². The second-order valence-electron chi connectivity index (χ2n) is 5.09. The summed E-state index contributed by atoms with van der Waals surface area (Å²) in [5.41, 5.74) is 0.723. The number of anilines is 1. The molecule has 0 spiro atoms. The van der Waals surface area contributed by atoms with Gasteiger partial charge in [-0.2, -0.15) is 5.26 Å². The first kappa shape index (κ1) is 16.1. The van der Waals surface area contributed by atoms with E-state index in [1.807, 2.05) is 0 Å². The lowest BCUT2D eigenvalue weighted by atomic mass is 10.2. The number of rotatable bonds is 5. The zero-order valence-corrected chi connectivity index (χ0v) is 13.6. The summed E-state index contributed by atoms with van der Waals surface area (Å²) in [6.07, 6.45) is 1.60. The van der Waals surface area contributed by atoms with E-state index in [0.29, 0.717) is 46.3 Å². The summed E-state index contributed by atoms with van der Waals surface area (Å²) in [5, 5.41) is 13.6. The molecule has 3 rings (SSSR count). The van der Waals surface area contributed by atoms with Crippen LogP contribution in [0.4, 0.5) is 10.2 Å². The van der Waals surface area contributed by atoms with Gasteiger partial charge in [-0.25, -0.2) is 9.37 Å². The van der Waals surface area contributed by atoms with Crippen molar-refractivity contribution < 1.29 is 9.13 Å². The smallest absolute Gasteiger partial charge is 0.147 e. The van der Waals surface area contributed by atoms with Gasteiger partial charge in [0.05, 0.1) is 12.6 Å². The van der Waals surface area contributed by atoms with Gasteiger partial charge in [-0.1, -0.05) is 11.6 Å². The van der Waals surface area contributed by atoms with Crippen LogP contribution in [0.25, 0.3) is 10.9 Å². The zero-order chi connectivity index (χ0) is 17.1. The van der Waals surface area contributed by atoms with Gasteiger partial charge in [0.25, 0.3) is 0 Å². The molecule has 0 aliphatic carbocycles. The molecule has 0 bridgehead atoms. The van der Waals surface area contributed by atoms with Crippen LogP contribution < -0.4 is 10.1 Å². The molecule has 5 nitrogen and oxygen atoms in total. The maximum Gasteiger partial charge on any atom is 0.147 e. The third kappa shape index (κ3) is 2.99. The summed E-state index contributed by atoms with van der Waals surface area (Å²) in [7, 11) is 1.52. The fraction of sp³-hybridized carbons (Fsp3) is 0.176. The molecule has 0 saturated heterocycles. The summed E-state index contributed by atoms with van der Waals surface area (Å²) in [4.78, 5) is 4.14. The van der Waals surface area contributed by atoms with Crippen molar-refractivity contribution in [2.75, 3.05) is 19.0 Å². The van der Waals surface area contributed by atoms with Gasteiger partial charge in [-0.05, 0) is 30.3 Å². The highest BCUT2D eigenvalue weighted by molar-refractivity contribution is 6.30. The van der Waals surface area contributed by atoms with Crippen LogP contribution >= 0.6 is 11.6 Å². The molecule has 0 atom stereocenters. The number of hydrogen-bond acceptors (Lipinski definition) is 4. The number of fused-ring (bicyclic) bond motifs is 1. The molecule has 0 saturated carbocycles. The van der Waals surface area contributed by atoms with Crippen molar-refractivity contribution in [1.82, 2.24) is 9.55 Å². The summed E-state index contributed by atoms with van der Waals surface area (Å²) >= 11 is 5.91. The van der Waals surface area contributed by atoms with Crippen molar-refractivity contribution in [2.24, 2.45) is 0 Å². The fourth-order valence-electron chi connectivity index (χ4n) is 2.61. The molecule has 0 unspecified atom stereocenters. The molecular formula is C17H14ClFN4O. The van der Waals surface area contributed by atoms with Crippen LogP contribution in [-0.4, -0.2) is 23.2 Å². The van der Waals surface area contributed by atoms with Crippen molar-refractivity contribution >= 4 is 28.3 Å². The lowest BCUT2D eigenvalue weighted by Crippen LogP contribution is -2.12. The Hall–Kier alpha value is -2.78. The number of methoxy groups -OCH3 is 1. The second kappa shape index (κ2) is 6.77. The van der Waals surface area contributed by atoms with E-state index < -0.39 is 5.82 Å². The van der Waals surface area contributed by atoms with E-state index in [2.05, 4.69) is 16.4 Å². The Morgan fingerprint density at radius 3 is 2.92 bits per heavy atom. The van der Waals surface area contributed by atoms with Crippen LogP contribution in [0.1, 0.15) is 5.69 Å². The van der Waals surface area contributed by atoms with E-state index >= 15 is 0 Å². The van der Waals surface area contributed by atoms with Gasteiger partial charge in [0.2, 0.25) is 0 Å². The van der Waals surface area contributed by atoms with Crippen LogP contribution in [0, 0.1) is 17.1 Å². The molecule has 2 aromatic heterocycles. The molecule has 0 radical (unpaired) electrons. The van der Waals surface area contributed by atoms with E-state index in [0.717, 1.165) is 0 Å². The first-order valence-electron chi connectivity index (χ1n) is 7.25. The van der Waals surface area contributed by atoms with Gasteiger partial charge in [0.1, 0.15) is 29.1 Å². The zero-order valence-electron chi connectivity index (χ0n) is 12.9. The molecule has 0 aliphatic rings. The first-order valence-corrected chi connectivity index (χ1v) is 7.63. The van der Waals surface area contributed by atoms with E-state index in [9.17, 15) is 9.65 Å². The van der Waals surface area contributed by atoms with Crippen LogP contribution in [0.3, 0.4) is 0 Å². The van der Waals surface area contributed by atoms with Crippen molar-refractivity contribution in [1.29, 1.82) is 5.26 Å². The number of pyridine rings is 1. The van der Waals surface area contributed by atoms with E-state index in [-0.39, 0.29) is 0 Å². The lowest BCUT2D eigenvalue weighted by molar-refractivity contribution is 0.419. The topological polar surface area (TPSA) is 62.9 Å². The number of hydrogen-bond donors (Lipinski definition) is 1.